The highest BCUT2D eigenvalue weighted by Crippen LogP contribution is 2.10. The summed E-state index contributed by atoms with van der Waals surface area (Å²) in [4.78, 5) is 3.90. The number of ether oxygens (including phenoxy) is 2. The molecule has 16 heavy (non-hydrogen) atoms. The van der Waals surface area contributed by atoms with Gasteiger partial charge in [-0.3, -0.25) is 4.98 Å². The first-order valence-corrected chi connectivity index (χ1v) is 4.69. The van der Waals surface area contributed by atoms with Crippen LogP contribution in [0.4, 0.5) is 0 Å². The summed E-state index contributed by atoms with van der Waals surface area (Å²) in [6.45, 7) is 1.71. The summed E-state index contributed by atoms with van der Waals surface area (Å²) < 4.78 is 10.3. The van der Waals surface area contributed by atoms with E-state index in [0.717, 1.165) is 0 Å². The van der Waals surface area contributed by atoms with E-state index < -0.39 is 0 Å². The Hall–Kier alpha value is -2.17. The number of nitrogens with two attached hydrogens (primary N) is 2. The second-order valence-electron chi connectivity index (χ2n) is 3.09. The number of pyridine rings is 1. The van der Waals surface area contributed by atoms with Crippen LogP contribution in [0.25, 0.3) is 0 Å². The first-order chi connectivity index (χ1) is 7.63. The van der Waals surface area contributed by atoms with E-state index in [1.807, 2.05) is 0 Å². The molecule has 1 aromatic heterocycles. The largest absolute Gasteiger partial charge is 0.495 e. The highest BCUT2D eigenvalue weighted by molar-refractivity contribution is 5.22. The fraction of sp³-hybridized carbons (Fsp3) is 0.182. The second kappa shape index (κ2) is 5.65. The molecular formula is C11H15N3O2. The lowest BCUT2D eigenvalue weighted by atomic mass is 10.4. The summed E-state index contributed by atoms with van der Waals surface area (Å²) in [5.41, 5.74) is 11.8. The van der Waals surface area contributed by atoms with Gasteiger partial charge in [0.2, 0.25) is 0 Å². The van der Waals surface area contributed by atoms with Gasteiger partial charge in [0, 0.05) is 18.0 Å². The van der Waals surface area contributed by atoms with Crippen molar-refractivity contribution in [1.29, 1.82) is 0 Å². The van der Waals surface area contributed by atoms with E-state index in [-0.39, 0.29) is 5.88 Å². The Morgan fingerprint density at radius 3 is 2.69 bits per heavy atom. The van der Waals surface area contributed by atoms with Crippen molar-refractivity contribution >= 4 is 0 Å². The van der Waals surface area contributed by atoms with E-state index >= 15 is 0 Å². The zero-order chi connectivity index (χ0) is 12.0. The number of hydrogen-bond acceptors (Lipinski definition) is 5. The van der Waals surface area contributed by atoms with Crippen LogP contribution in [-0.4, -0.2) is 12.1 Å². The third kappa shape index (κ3) is 3.53. The molecule has 0 aliphatic rings. The molecule has 1 heterocycles. The average Bonchev–Trinajstić information content (AvgIpc) is 2.27. The first kappa shape index (κ1) is 11.9. The SMILES string of the molecule is COC(/C=C(\N)Oc1cccnc1)=C(\C)N. The van der Waals surface area contributed by atoms with E-state index in [2.05, 4.69) is 4.98 Å². The van der Waals surface area contributed by atoms with Gasteiger partial charge in [-0.2, -0.15) is 0 Å². The van der Waals surface area contributed by atoms with Gasteiger partial charge < -0.3 is 20.9 Å². The molecule has 5 nitrogen and oxygen atoms in total. The van der Waals surface area contributed by atoms with Gasteiger partial charge in [0.1, 0.15) is 11.5 Å². The van der Waals surface area contributed by atoms with E-state index in [0.29, 0.717) is 17.2 Å². The van der Waals surface area contributed by atoms with Crippen LogP contribution >= 0.6 is 0 Å². The van der Waals surface area contributed by atoms with Gasteiger partial charge >= 0.3 is 0 Å². The second-order valence-corrected chi connectivity index (χ2v) is 3.09. The Kier molecular flexibility index (Phi) is 4.20. The van der Waals surface area contributed by atoms with Crippen molar-refractivity contribution in [3.63, 3.8) is 0 Å². The van der Waals surface area contributed by atoms with Crippen LogP contribution in [0.3, 0.4) is 0 Å². The van der Waals surface area contributed by atoms with Gasteiger partial charge in [0.25, 0.3) is 0 Å². The quantitative estimate of drug-likeness (QED) is 0.587. The van der Waals surface area contributed by atoms with Gasteiger partial charge in [-0.15, -0.1) is 0 Å². The van der Waals surface area contributed by atoms with Crippen molar-refractivity contribution in [3.8, 4) is 5.75 Å². The molecule has 0 fully saturated rings. The first-order valence-electron chi connectivity index (χ1n) is 4.69. The van der Waals surface area contributed by atoms with Crippen LogP contribution in [-0.2, 0) is 4.74 Å². The van der Waals surface area contributed by atoms with Crippen LogP contribution in [0.1, 0.15) is 6.92 Å². The van der Waals surface area contributed by atoms with Gasteiger partial charge in [-0.1, -0.05) is 0 Å². The number of aromatic nitrogens is 1. The Morgan fingerprint density at radius 1 is 1.44 bits per heavy atom. The molecule has 0 aliphatic heterocycles. The van der Waals surface area contributed by atoms with Gasteiger partial charge in [0.15, 0.2) is 5.88 Å². The molecular weight excluding hydrogens is 206 g/mol. The lowest BCUT2D eigenvalue weighted by molar-refractivity contribution is 0.297. The molecule has 5 heteroatoms. The molecule has 0 saturated carbocycles. The molecule has 0 amide bonds. The molecule has 0 spiro atoms. The lowest BCUT2D eigenvalue weighted by Gasteiger charge is -2.07. The van der Waals surface area contributed by atoms with Crippen molar-refractivity contribution in [2.24, 2.45) is 11.5 Å². The van der Waals surface area contributed by atoms with Gasteiger partial charge in [0.05, 0.1) is 13.3 Å². The molecule has 0 bridgehead atoms. The van der Waals surface area contributed by atoms with Crippen LogP contribution in [0.2, 0.25) is 0 Å². The van der Waals surface area contributed by atoms with E-state index in [9.17, 15) is 0 Å². The summed E-state index contributed by atoms with van der Waals surface area (Å²) in [5, 5.41) is 0. The number of hydrogen-bond donors (Lipinski definition) is 2. The molecule has 0 atom stereocenters. The minimum Gasteiger partial charge on any atom is -0.495 e. The van der Waals surface area contributed by atoms with Gasteiger partial charge in [-0.25, -0.2) is 0 Å². The Balaban J connectivity index is 2.76. The summed E-state index contributed by atoms with van der Waals surface area (Å²) in [6, 6.07) is 3.50. The third-order valence-electron chi connectivity index (χ3n) is 1.75. The molecule has 86 valence electrons. The predicted octanol–water partition coefficient (Wildman–Crippen LogP) is 1.10. The van der Waals surface area contributed by atoms with Crippen molar-refractivity contribution in [2.45, 2.75) is 6.92 Å². The predicted molar refractivity (Wildman–Crippen MR) is 61.0 cm³/mol. The number of nitrogens with zero attached hydrogens (tertiary/aromatic N) is 1. The summed E-state index contributed by atoms with van der Waals surface area (Å²) in [7, 11) is 1.51. The van der Waals surface area contributed by atoms with E-state index in [4.69, 9.17) is 20.9 Å². The highest BCUT2D eigenvalue weighted by Gasteiger charge is 2.00. The van der Waals surface area contributed by atoms with Crippen LogP contribution < -0.4 is 16.2 Å². The maximum Gasteiger partial charge on any atom is 0.194 e. The number of rotatable bonds is 4. The normalized spacial score (nSPS) is 13.0. The Labute approximate surface area is 94.4 Å². The van der Waals surface area contributed by atoms with E-state index in [1.165, 1.54) is 13.2 Å². The topological polar surface area (TPSA) is 83.4 Å². The van der Waals surface area contributed by atoms with Crippen molar-refractivity contribution in [1.82, 2.24) is 4.98 Å². The zero-order valence-electron chi connectivity index (χ0n) is 9.31. The molecule has 0 aromatic carbocycles. The average molecular weight is 221 g/mol. The molecule has 4 N–H and O–H groups in total. The summed E-state index contributed by atoms with van der Waals surface area (Å²) in [5.74, 6) is 1.22. The minimum atomic E-state index is 0.189. The Morgan fingerprint density at radius 2 is 2.19 bits per heavy atom. The fourth-order valence-electron chi connectivity index (χ4n) is 1.04. The lowest BCUT2D eigenvalue weighted by Crippen LogP contribution is -2.08. The molecule has 0 radical (unpaired) electrons. The van der Waals surface area contributed by atoms with Crippen molar-refractivity contribution < 1.29 is 9.47 Å². The maximum absolute atomic E-state index is 5.66. The molecule has 1 rings (SSSR count). The van der Waals surface area contributed by atoms with Crippen molar-refractivity contribution in [3.05, 3.63) is 47.9 Å². The number of allylic oxidation sites excluding steroid dienone is 2. The fourth-order valence-corrected chi connectivity index (χ4v) is 1.04. The Bertz CT molecular complexity index is 395. The summed E-state index contributed by atoms with van der Waals surface area (Å²) >= 11 is 0. The monoisotopic (exact) mass is 221 g/mol. The maximum atomic E-state index is 5.66. The van der Waals surface area contributed by atoms with E-state index in [1.54, 1.807) is 31.5 Å². The molecule has 1 aromatic rings. The zero-order valence-corrected chi connectivity index (χ0v) is 9.31. The summed E-state index contributed by atoms with van der Waals surface area (Å²) in [6.07, 6.45) is 4.73. The highest BCUT2D eigenvalue weighted by atomic mass is 16.5. The van der Waals surface area contributed by atoms with Crippen LogP contribution in [0.15, 0.2) is 47.9 Å². The smallest absolute Gasteiger partial charge is 0.194 e. The van der Waals surface area contributed by atoms with Crippen molar-refractivity contribution in [2.75, 3.05) is 7.11 Å². The standard InChI is InChI=1S/C11H15N3O2/c1-8(12)10(15-2)6-11(13)16-9-4-3-5-14-7-9/h3-7H,12-13H2,1-2H3/b10-8+,11-6+. The molecule has 0 unspecified atom stereocenters. The third-order valence-corrected chi connectivity index (χ3v) is 1.75. The van der Waals surface area contributed by atoms with Gasteiger partial charge in [-0.05, 0) is 19.1 Å². The molecule has 0 saturated heterocycles. The van der Waals surface area contributed by atoms with Crippen LogP contribution in [0, 0.1) is 0 Å². The van der Waals surface area contributed by atoms with Crippen LogP contribution in [0.5, 0.6) is 5.75 Å². The minimum absolute atomic E-state index is 0.189. The number of methoxy groups -OCH3 is 1. The molecule has 0 aliphatic carbocycles.